The fourth-order valence-electron chi connectivity index (χ4n) is 3.33. The molecule has 0 amide bonds. The number of nitrogens with zero attached hydrogens (tertiary/aromatic N) is 1. The summed E-state index contributed by atoms with van der Waals surface area (Å²) < 4.78 is 25.6. The molecule has 132 valence electrons. The molecule has 0 spiro atoms. The third kappa shape index (κ3) is 2.93. The van der Waals surface area contributed by atoms with E-state index >= 15 is 0 Å². The molecule has 0 aliphatic carbocycles. The number of H-pyrrole nitrogens is 1. The number of aromatic nitrogens is 2. The first kappa shape index (κ1) is 16.6. The van der Waals surface area contributed by atoms with Crippen molar-refractivity contribution in [3.63, 3.8) is 0 Å². The van der Waals surface area contributed by atoms with E-state index in [2.05, 4.69) is 39.8 Å². The Morgan fingerprint density at radius 3 is 2.65 bits per heavy atom. The monoisotopic (exact) mass is 365 g/mol. The second-order valence-electron chi connectivity index (χ2n) is 6.67. The second-order valence-corrected chi connectivity index (χ2v) is 8.42. The van der Waals surface area contributed by atoms with Crippen molar-refractivity contribution < 1.29 is 8.42 Å². The summed E-state index contributed by atoms with van der Waals surface area (Å²) in [4.78, 5) is 7.93. The molecular weight excluding hydrogens is 346 g/mol. The van der Waals surface area contributed by atoms with Gasteiger partial charge in [0.15, 0.2) is 0 Å². The zero-order chi connectivity index (χ0) is 18.5. The van der Waals surface area contributed by atoms with Gasteiger partial charge < -0.3 is 4.98 Å². The van der Waals surface area contributed by atoms with Crippen LogP contribution < -0.4 is 4.72 Å². The van der Waals surface area contributed by atoms with Gasteiger partial charge in [-0.15, -0.1) is 0 Å². The first-order valence-electron chi connectivity index (χ1n) is 8.28. The Hall–Kier alpha value is -2.86. The average molecular weight is 365 g/mol. The molecule has 2 aromatic carbocycles. The summed E-state index contributed by atoms with van der Waals surface area (Å²) in [5, 5.41) is 2.17. The minimum atomic E-state index is -3.32. The van der Waals surface area contributed by atoms with E-state index in [1.807, 2.05) is 31.3 Å². The van der Waals surface area contributed by atoms with Gasteiger partial charge in [-0.1, -0.05) is 24.3 Å². The van der Waals surface area contributed by atoms with E-state index in [1.54, 1.807) is 6.07 Å². The molecule has 0 radical (unpaired) electrons. The lowest BCUT2D eigenvalue weighted by Crippen LogP contribution is -2.09. The summed E-state index contributed by atoms with van der Waals surface area (Å²) in [5.41, 5.74) is 6.69. The van der Waals surface area contributed by atoms with E-state index in [9.17, 15) is 8.42 Å². The van der Waals surface area contributed by atoms with E-state index in [0.717, 1.165) is 50.4 Å². The van der Waals surface area contributed by atoms with Gasteiger partial charge in [0.05, 0.1) is 11.8 Å². The molecule has 4 rings (SSSR count). The van der Waals surface area contributed by atoms with Gasteiger partial charge in [0.2, 0.25) is 10.0 Å². The normalized spacial score (nSPS) is 12.0. The highest BCUT2D eigenvalue weighted by atomic mass is 32.2. The highest BCUT2D eigenvalue weighted by Gasteiger charge is 2.14. The second kappa shape index (κ2) is 5.85. The summed E-state index contributed by atoms with van der Waals surface area (Å²) in [6.07, 6.45) is 3.00. The number of nitrogens with one attached hydrogen (secondary N) is 2. The number of sulfonamides is 1. The molecule has 0 saturated heterocycles. The number of hydrogen-bond donors (Lipinski definition) is 2. The van der Waals surface area contributed by atoms with Crippen molar-refractivity contribution in [2.75, 3.05) is 11.0 Å². The quantitative estimate of drug-likeness (QED) is 0.566. The van der Waals surface area contributed by atoms with Crippen LogP contribution in [0.3, 0.4) is 0 Å². The van der Waals surface area contributed by atoms with Crippen molar-refractivity contribution in [2.24, 2.45) is 0 Å². The SMILES string of the molecule is Cc1cnc2[nH]c3c(C)ccc(-c4cccc(NS(C)(=O)=O)c4)c3c2c1. The molecule has 26 heavy (non-hydrogen) atoms. The van der Waals surface area contributed by atoms with E-state index in [1.165, 1.54) is 0 Å². The van der Waals surface area contributed by atoms with Crippen molar-refractivity contribution >= 4 is 37.6 Å². The lowest BCUT2D eigenvalue weighted by Gasteiger charge is -2.09. The average Bonchev–Trinajstić information content (AvgIpc) is 2.94. The molecule has 5 nitrogen and oxygen atoms in total. The maximum atomic E-state index is 11.6. The molecule has 0 saturated carbocycles. The highest BCUT2D eigenvalue weighted by molar-refractivity contribution is 7.92. The topological polar surface area (TPSA) is 74.8 Å². The number of pyridine rings is 1. The molecule has 2 N–H and O–H groups in total. The maximum absolute atomic E-state index is 11.6. The summed E-state index contributed by atoms with van der Waals surface area (Å²) in [6.45, 7) is 4.09. The summed E-state index contributed by atoms with van der Waals surface area (Å²) >= 11 is 0. The van der Waals surface area contributed by atoms with Gasteiger partial charge in [-0.25, -0.2) is 13.4 Å². The molecule has 0 aliphatic rings. The maximum Gasteiger partial charge on any atom is 0.229 e. The number of benzene rings is 2. The van der Waals surface area contributed by atoms with Gasteiger partial charge in [-0.05, 0) is 54.3 Å². The highest BCUT2D eigenvalue weighted by Crippen LogP contribution is 2.36. The minimum Gasteiger partial charge on any atom is -0.339 e. The Balaban J connectivity index is 2.00. The van der Waals surface area contributed by atoms with Crippen LogP contribution in [-0.4, -0.2) is 24.6 Å². The molecule has 6 heteroatoms. The van der Waals surface area contributed by atoms with Crippen molar-refractivity contribution in [3.8, 4) is 11.1 Å². The van der Waals surface area contributed by atoms with Gasteiger partial charge in [-0.2, -0.15) is 0 Å². The molecule has 0 aliphatic heterocycles. The molecule has 2 aromatic heterocycles. The Labute approximate surface area is 152 Å². The number of rotatable bonds is 3. The van der Waals surface area contributed by atoms with E-state index < -0.39 is 10.0 Å². The predicted molar refractivity (Wildman–Crippen MR) is 107 cm³/mol. The fraction of sp³-hybridized carbons (Fsp3) is 0.150. The third-order valence-corrected chi connectivity index (χ3v) is 5.03. The zero-order valence-electron chi connectivity index (χ0n) is 14.8. The van der Waals surface area contributed by atoms with Crippen LogP contribution in [0.25, 0.3) is 33.1 Å². The third-order valence-electron chi connectivity index (χ3n) is 4.43. The fourth-order valence-corrected chi connectivity index (χ4v) is 3.89. The number of anilines is 1. The lowest BCUT2D eigenvalue weighted by molar-refractivity contribution is 0.607. The van der Waals surface area contributed by atoms with Crippen LogP contribution >= 0.6 is 0 Å². The van der Waals surface area contributed by atoms with Gasteiger partial charge in [0.1, 0.15) is 5.65 Å². The zero-order valence-corrected chi connectivity index (χ0v) is 15.6. The first-order chi connectivity index (χ1) is 12.3. The van der Waals surface area contributed by atoms with E-state index in [4.69, 9.17) is 0 Å². The predicted octanol–water partition coefficient (Wildman–Crippen LogP) is 4.37. The van der Waals surface area contributed by atoms with Crippen LogP contribution in [0.15, 0.2) is 48.7 Å². The van der Waals surface area contributed by atoms with Crippen LogP contribution in [0.2, 0.25) is 0 Å². The molecule has 0 atom stereocenters. The Morgan fingerprint density at radius 1 is 1.08 bits per heavy atom. The molecule has 0 fully saturated rings. The van der Waals surface area contributed by atoms with Gasteiger partial charge in [0.25, 0.3) is 0 Å². The standard InChI is InChI=1S/C20H19N3O2S/c1-12-9-17-18-16(8-7-13(2)19(18)22-20(17)21-11-12)14-5-4-6-15(10-14)23-26(3,24)25/h4-11,23H,1-3H3,(H,21,22). The Bertz CT molecular complexity index is 1260. The minimum absolute atomic E-state index is 0.549. The summed E-state index contributed by atoms with van der Waals surface area (Å²) in [7, 11) is -3.32. The summed E-state index contributed by atoms with van der Waals surface area (Å²) in [6, 6.07) is 13.7. The van der Waals surface area contributed by atoms with Crippen molar-refractivity contribution in [2.45, 2.75) is 13.8 Å². The van der Waals surface area contributed by atoms with Gasteiger partial charge >= 0.3 is 0 Å². The Morgan fingerprint density at radius 2 is 1.88 bits per heavy atom. The van der Waals surface area contributed by atoms with Crippen LogP contribution in [-0.2, 0) is 10.0 Å². The van der Waals surface area contributed by atoms with Gasteiger partial charge in [-0.3, -0.25) is 4.72 Å². The summed E-state index contributed by atoms with van der Waals surface area (Å²) in [5.74, 6) is 0. The van der Waals surface area contributed by atoms with Crippen LogP contribution in [0.4, 0.5) is 5.69 Å². The Kier molecular flexibility index (Phi) is 3.73. The number of aromatic amines is 1. The smallest absolute Gasteiger partial charge is 0.229 e. The lowest BCUT2D eigenvalue weighted by atomic mass is 9.97. The van der Waals surface area contributed by atoms with Crippen molar-refractivity contribution in [3.05, 3.63) is 59.8 Å². The van der Waals surface area contributed by atoms with Crippen LogP contribution in [0, 0.1) is 13.8 Å². The van der Waals surface area contributed by atoms with Crippen molar-refractivity contribution in [1.82, 2.24) is 9.97 Å². The molecular formula is C20H19N3O2S. The molecule has 2 heterocycles. The largest absolute Gasteiger partial charge is 0.339 e. The molecule has 4 aromatic rings. The number of hydrogen-bond acceptors (Lipinski definition) is 3. The van der Waals surface area contributed by atoms with Crippen LogP contribution in [0.1, 0.15) is 11.1 Å². The van der Waals surface area contributed by atoms with Gasteiger partial charge in [0, 0.05) is 22.7 Å². The molecule has 0 bridgehead atoms. The molecule has 0 unspecified atom stereocenters. The first-order valence-corrected chi connectivity index (χ1v) is 10.2. The van der Waals surface area contributed by atoms with Crippen LogP contribution in [0.5, 0.6) is 0 Å². The number of aryl methyl sites for hydroxylation is 2. The van der Waals surface area contributed by atoms with E-state index in [-0.39, 0.29) is 0 Å². The van der Waals surface area contributed by atoms with Crippen molar-refractivity contribution in [1.29, 1.82) is 0 Å². The van der Waals surface area contributed by atoms with E-state index in [0.29, 0.717) is 5.69 Å². The number of fused-ring (bicyclic) bond motifs is 3.